The van der Waals surface area contributed by atoms with E-state index in [1.165, 1.54) is 0 Å². The van der Waals surface area contributed by atoms with Crippen LogP contribution in [0.15, 0.2) is 30.5 Å². The van der Waals surface area contributed by atoms with Crippen LogP contribution < -0.4 is 5.32 Å². The van der Waals surface area contributed by atoms with Gasteiger partial charge in [-0.2, -0.15) is 0 Å². The number of aromatic hydroxyl groups is 1. The number of phenolic OH excluding ortho intramolecular Hbond substituents is 1. The van der Waals surface area contributed by atoms with Crippen LogP contribution in [-0.4, -0.2) is 39.7 Å². The SMILES string of the molecule is CC(C)(C)N1CC(Nc2nccc3cc(O)ccc23)C1. The largest absolute Gasteiger partial charge is 0.508 e. The van der Waals surface area contributed by atoms with Crippen molar-refractivity contribution in [3.05, 3.63) is 30.5 Å². The molecule has 0 spiro atoms. The third-order valence-electron chi connectivity index (χ3n) is 3.92. The van der Waals surface area contributed by atoms with Gasteiger partial charge in [-0.1, -0.05) is 0 Å². The Morgan fingerprint density at radius 3 is 2.70 bits per heavy atom. The summed E-state index contributed by atoms with van der Waals surface area (Å²) in [4.78, 5) is 6.88. The molecular weight excluding hydrogens is 250 g/mol. The van der Waals surface area contributed by atoms with Crippen molar-refractivity contribution < 1.29 is 5.11 Å². The smallest absolute Gasteiger partial charge is 0.134 e. The van der Waals surface area contributed by atoms with Gasteiger partial charge in [0.15, 0.2) is 0 Å². The maximum atomic E-state index is 9.54. The zero-order chi connectivity index (χ0) is 14.3. The zero-order valence-electron chi connectivity index (χ0n) is 12.2. The van der Waals surface area contributed by atoms with E-state index >= 15 is 0 Å². The number of hydrogen-bond acceptors (Lipinski definition) is 4. The second-order valence-corrected chi connectivity index (χ2v) is 6.48. The number of rotatable bonds is 2. The Bertz CT molecular complexity index is 627. The minimum Gasteiger partial charge on any atom is -0.508 e. The van der Waals surface area contributed by atoms with E-state index in [1.807, 2.05) is 12.1 Å². The summed E-state index contributed by atoms with van der Waals surface area (Å²) in [5.41, 5.74) is 0.232. The molecule has 1 aliphatic rings. The number of hydrogen-bond donors (Lipinski definition) is 2. The van der Waals surface area contributed by atoms with Gasteiger partial charge >= 0.3 is 0 Å². The topological polar surface area (TPSA) is 48.4 Å². The fourth-order valence-corrected chi connectivity index (χ4v) is 2.59. The number of likely N-dealkylation sites (tertiary alicyclic amines) is 1. The van der Waals surface area contributed by atoms with Crippen molar-refractivity contribution in [2.24, 2.45) is 0 Å². The molecule has 0 amide bonds. The predicted octanol–water partition coefficient (Wildman–Crippen LogP) is 2.84. The highest BCUT2D eigenvalue weighted by Gasteiger charge is 2.34. The molecule has 1 aromatic heterocycles. The van der Waals surface area contributed by atoms with Crippen molar-refractivity contribution >= 4 is 16.6 Å². The van der Waals surface area contributed by atoms with E-state index < -0.39 is 0 Å². The first-order valence-corrected chi connectivity index (χ1v) is 7.03. The number of fused-ring (bicyclic) bond motifs is 1. The van der Waals surface area contributed by atoms with Crippen LogP contribution in [0.4, 0.5) is 5.82 Å². The Labute approximate surface area is 119 Å². The number of nitrogens with zero attached hydrogens (tertiary/aromatic N) is 2. The first-order chi connectivity index (χ1) is 9.43. The van der Waals surface area contributed by atoms with Crippen LogP contribution in [0.25, 0.3) is 10.8 Å². The number of benzene rings is 1. The van der Waals surface area contributed by atoms with E-state index in [4.69, 9.17) is 0 Å². The molecule has 2 aromatic rings. The summed E-state index contributed by atoms with van der Waals surface area (Å²) >= 11 is 0. The predicted molar refractivity (Wildman–Crippen MR) is 82.1 cm³/mol. The monoisotopic (exact) mass is 271 g/mol. The van der Waals surface area contributed by atoms with Gasteiger partial charge in [0.25, 0.3) is 0 Å². The molecule has 0 saturated carbocycles. The molecule has 4 nitrogen and oxygen atoms in total. The molecule has 2 heterocycles. The minimum absolute atomic E-state index is 0.232. The zero-order valence-corrected chi connectivity index (χ0v) is 12.2. The number of aromatic nitrogens is 1. The highest BCUT2D eigenvalue weighted by Crippen LogP contribution is 2.28. The molecule has 1 aromatic carbocycles. The van der Waals surface area contributed by atoms with Crippen molar-refractivity contribution in [2.75, 3.05) is 18.4 Å². The van der Waals surface area contributed by atoms with Crippen molar-refractivity contribution in [1.29, 1.82) is 0 Å². The van der Waals surface area contributed by atoms with Crippen LogP contribution in [0.5, 0.6) is 5.75 Å². The average Bonchev–Trinajstić information content (AvgIpc) is 2.31. The van der Waals surface area contributed by atoms with Gasteiger partial charge in [0.05, 0.1) is 6.04 Å². The minimum atomic E-state index is 0.232. The van der Waals surface area contributed by atoms with Gasteiger partial charge < -0.3 is 10.4 Å². The van der Waals surface area contributed by atoms with Gasteiger partial charge in [-0.15, -0.1) is 0 Å². The number of pyridine rings is 1. The molecule has 0 unspecified atom stereocenters. The third-order valence-corrected chi connectivity index (χ3v) is 3.92. The average molecular weight is 271 g/mol. The molecule has 1 aliphatic heterocycles. The summed E-state index contributed by atoms with van der Waals surface area (Å²) in [5, 5.41) is 15.1. The standard InChI is InChI=1S/C16H21N3O/c1-16(2,3)19-9-12(10-19)18-15-14-5-4-13(20)8-11(14)6-7-17-15/h4-8,12,20H,9-10H2,1-3H3,(H,17,18). The van der Waals surface area contributed by atoms with Crippen LogP contribution in [0.2, 0.25) is 0 Å². The van der Waals surface area contributed by atoms with E-state index in [1.54, 1.807) is 18.3 Å². The third kappa shape index (κ3) is 2.43. The van der Waals surface area contributed by atoms with E-state index in [-0.39, 0.29) is 11.3 Å². The molecule has 0 aliphatic carbocycles. The molecule has 106 valence electrons. The van der Waals surface area contributed by atoms with E-state index in [0.29, 0.717) is 6.04 Å². The van der Waals surface area contributed by atoms with E-state index in [9.17, 15) is 5.11 Å². The molecule has 0 bridgehead atoms. The van der Waals surface area contributed by atoms with Crippen LogP contribution in [0.1, 0.15) is 20.8 Å². The van der Waals surface area contributed by atoms with Gasteiger partial charge in [0.2, 0.25) is 0 Å². The molecule has 0 radical (unpaired) electrons. The molecule has 20 heavy (non-hydrogen) atoms. The first-order valence-electron chi connectivity index (χ1n) is 7.03. The van der Waals surface area contributed by atoms with Crippen LogP contribution in [-0.2, 0) is 0 Å². The number of phenols is 1. The summed E-state index contributed by atoms with van der Waals surface area (Å²) in [6.07, 6.45) is 1.78. The van der Waals surface area contributed by atoms with E-state index in [2.05, 4.69) is 36.0 Å². The maximum absolute atomic E-state index is 9.54. The van der Waals surface area contributed by atoms with Crippen molar-refractivity contribution in [3.8, 4) is 5.75 Å². The first kappa shape index (κ1) is 13.2. The summed E-state index contributed by atoms with van der Waals surface area (Å²) in [5.74, 6) is 1.19. The normalized spacial score (nSPS) is 17.1. The van der Waals surface area contributed by atoms with Gasteiger partial charge in [-0.25, -0.2) is 4.98 Å². The summed E-state index contributed by atoms with van der Waals surface area (Å²) in [7, 11) is 0. The molecule has 1 saturated heterocycles. The molecule has 2 N–H and O–H groups in total. The van der Waals surface area contributed by atoms with Crippen LogP contribution >= 0.6 is 0 Å². The van der Waals surface area contributed by atoms with E-state index in [0.717, 1.165) is 29.7 Å². The Balaban J connectivity index is 1.76. The van der Waals surface area contributed by atoms with Crippen molar-refractivity contribution in [3.63, 3.8) is 0 Å². The fraction of sp³-hybridized carbons (Fsp3) is 0.438. The lowest BCUT2D eigenvalue weighted by Crippen LogP contribution is -2.61. The second-order valence-electron chi connectivity index (χ2n) is 6.48. The highest BCUT2D eigenvalue weighted by molar-refractivity contribution is 5.92. The van der Waals surface area contributed by atoms with Crippen LogP contribution in [0.3, 0.4) is 0 Å². The quantitative estimate of drug-likeness (QED) is 0.882. The number of anilines is 1. The Morgan fingerprint density at radius 1 is 1.25 bits per heavy atom. The number of nitrogens with one attached hydrogen (secondary N) is 1. The fourth-order valence-electron chi connectivity index (χ4n) is 2.59. The van der Waals surface area contributed by atoms with Crippen molar-refractivity contribution in [2.45, 2.75) is 32.4 Å². The Kier molecular flexibility index (Phi) is 3.05. The molecule has 1 fully saturated rings. The lowest BCUT2D eigenvalue weighted by atomic mass is 9.97. The Morgan fingerprint density at radius 2 is 2.00 bits per heavy atom. The van der Waals surface area contributed by atoms with Gasteiger partial charge in [-0.3, -0.25) is 4.90 Å². The van der Waals surface area contributed by atoms with Crippen LogP contribution in [0, 0.1) is 0 Å². The molecular formula is C16H21N3O. The molecule has 0 atom stereocenters. The molecule has 3 rings (SSSR count). The second kappa shape index (κ2) is 4.63. The van der Waals surface area contributed by atoms with Crippen molar-refractivity contribution in [1.82, 2.24) is 9.88 Å². The highest BCUT2D eigenvalue weighted by atomic mass is 16.3. The van der Waals surface area contributed by atoms with Gasteiger partial charge in [0, 0.05) is 30.2 Å². The summed E-state index contributed by atoms with van der Waals surface area (Å²) in [6.45, 7) is 8.80. The maximum Gasteiger partial charge on any atom is 0.134 e. The van der Waals surface area contributed by atoms with Gasteiger partial charge in [0.1, 0.15) is 11.6 Å². The van der Waals surface area contributed by atoms with Gasteiger partial charge in [-0.05, 0) is 50.4 Å². The lowest BCUT2D eigenvalue weighted by molar-refractivity contribution is 0.0567. The molecule has 4 heteroatoms. The lowest BCUT2D eigenvalue weighted by Gasteiger charge is -2.48. The Hall–Kier alpha value is -1.81. The summed E-state index contributed by atoms with van der Waals surface area (Å²) in [6, 6.07) is 7.76. The summed E-state index contributed by atoms with van der Waals surface area (Å²) < 4.78 is 0.